The van der Waals surface area contributed by atoms with Crippen LogP contribution in [0.1, 0.15) is 31.4 Å². The van der Waals surface area contributed by atoms with E-state index in [9.17, 15) is 0 Å². The quantitative estimate of drug-likeness (QED) is 0.0996. The number of hydrogen-bond donors (Lipinski definition) is 0. The number of allylic oxidation sites excluding steroid dienone is 5. The van der Waals surface area contributed by atoms with E-state index in [1.807, 2.05) is 11.3 Å². The van der Waals surface area contributed by atoms with E-state index < -0.39 is 8.07 Å². The van der Waals surface area contributed by atoms with Crippen LogP contribution in [0.25, 0.3) is 31.3 Å². The van der Waals surface area contributed by atoms with E-state index in [1.165, 1.54) is 63.2 Å². The van der Waals surface area contributed by atoms with Gasteiger partial charge in [-0.3, -0.25) is 0 Å². The summed E-state index contributed by atoms with van der Waals surface area (Å²) in [5.74, 6) is 0. The summed E-state index contributed by atoms with van der Waals surface area (Å²) in [5.41, 5.74) is 12.1. The minimum absolute atomic E-state index is 0.0716. The van der Waals surface area contributed by atoms with Gasteiger partial charge < -0.3 is 9.80 Å². The number of thiophene rings is 1. The molecule has 2 nitrogen and oxygen atoms in total. The van der Waals surface area contributed by atoms with Gasteiger partial charge in [-0.15, -0.1) is 11.3 Å². The van der Waals surface area contributed by atoms with Gasteiger partial charge in [0.25, 0.3) is 0 Å². The summed E-state index contributed by atoms with van der Waals surface area (Å²) in [6.45, 7) is 4.71. The molecule has 0 saturated heterocycles. The van der Waals surface area contributed by atoms with Gasteiger partial charge in [0.15, 0.2) is 8.07 Å². The van der Waals surface area contributed by atoms with Crippen LogP contribution in [0.15, 0.2) is 266 Å². The number of hydrogen-bond acceptors (Lipinski definition) is 3. The molecule has 326 valence electrons. The SMILES string of the molecule is CC1(C)c2ccccc2-c2cc(N(c3ccccc3)c3cccc([Si](C4=CCC=C(N(c5ccccc5)c5ccc6sc7ccccc7c6c5)C=C4)(c4ccccc4)c4ccccc4)c3)ccc21. The van der Waals surface area contributed by atoms with E-state index in [0.29, 0.717) is 0 Å². The van der Waals surface area contributed by atoms with Crippen molar-refractivity contribution in [1.29, 1.82) is 0 Å². The van der Waals surface area contributed by atoms with Gasteiger partial charge in [-0.2, -0.15) is 0 Å². The molecular formula is C64H50N2SSi. The Hall–Kier alpha value is -7.76. The predicted molar refractivity (Wildman–Crippen MR) is 294 cm³/mol. The highest BCUT2D eigenvalue weighted by atomic mass is 32.1. The third-order valence-corrected chi connectivity index (χ3v) is 20.2. The smallest absolute Gasteiger partial charge is 0.179 e. The fourth-order valence-corrected chi connectivity index (χ4v) is 17.0. The summed E-state index contributed by atoms with van der Waals surface area (Å²) >= 11 is 1.86. The Morgan fingerprint density at radius 3 is 1.68 bits per heavy atom. The van der Waals surface area contributed by atoms with Crippen molar-refractivity contribution in [2.45, 2.75) is 25.7 Å². The molecule has 68 heavy (non-hydrogen) atoms. The average Bonchev–Trinajstić information content (AvgIpc) is 3.75. The lowest BCUT2D eigenvalue weighted by molar-refractivity contribution is 0.660. The summed E-state index contributed by atoms with van der Waals surface area (Å²) < 4.78 is 2.62. The fourth-order valence-electron chi connectivity index (χ4n) is 11.1. The number of nitrogens with zero attached hydrogens (tertiary/aromatic N) is 2. The molecule has 0 amide bonds. The van der Waals surface area contributed by atoms with Crippen molar-refractivity contribution in [3.8, 4) is 11.1 Å². The third-order valence-electron chi connectivity index (χ3n) is 14.2. The normalized spacial score (nSPS) is 13.9. The van der Waals surface area contributed by atoms with Crippen LogP contribution in [0.3, 0.4) is 0 Å². The molecule has 12 rings (SSSR count). The van der Waals surface area contributed by atoms with Gasteiger partial charge in [0.05, 0.1) is 0 Å². The van der Waals surface area contributed by atoms with E-state index in [4.69, 9.17) is 0 Å². The van der Waals surface area contributed by atoms with Gasteiger partial charge in [-0.1, -0.05) is 190 Å². The van der Waals surface area contributed by atoms with Crippen LogP contribution in [0, 0.1) is 0 Å². The summed E-state index contributed by atoms with van der Waals surface area (Å²) in [6, 6.07) is 85.6. The van der Waals surface area contributed by atoms with Crippen LogP contribution in [-0.4, -0.2) is 8.07 Å². The Balaban J connectivity index is 1.02. The summed E-state index contributed by atoms with van der Waals surface area (Å²) in [7, 11) is -3.00. The second-order valence-corrected chi connectivity index (χ2v) is 23.3. The van der Waals surface area contributed by atoms with Crippen LogP contribution >= 0.6 is 11.3 Å². The van der Waals surface area contributed by atoms with Gasteiger partial charge in [-0.05, 0) is 128 Å². The molecule has 1 heterocycles. The molecular weight excluding hydrogens is 857 g/mol. The molecule has 0 radical (unpaired) electrons. The molecule has 0 N–H and O–H groups in total. The first-order chi connectivity index (χ1) is 33.5. The zero-order chi connectivity index (χ0) is 45.7. The highest BCUT2D eigenvalue weighted by molar-refractivity contribution is 7.25. The molecule has 0 unspecified atom stereocenters. The molecule has 1 aromatic heterocycles. The maximum atomic E-state index is 2.51. The van der Waals surface area contributed by atoms with Gasteiger partial charge in [0, 0.05) is 59.7 Å². The number of benzene rings is 9. The Morgan fingerprint density at radius 2 is 0.941 bits per heavy atom. The Kier molecular flexibility index (Phi) is 10.5. The van der Waals surface area contributed by atoms with Gasteiger partial charge in [-0.25, -0.2) is 0 Å². The number of para-hydroxylation sites is 2. The molecule has 0 fully saturated rings. The lowest BCUT2D eigenvalue weighted by Crippen LogP contribution is -2.68. The number of anilines is 5. The molecule has 0 bridgehead atoms. The highest BCUT2D eigenvalue weighted by Crippen LogP contribution is 2.50. The molecule has 2 aliphatic rings. The Bertz CT molecular complexity index is 3530. The monoisotopic (exact) mass is 906 g/mol. The van der Waals surface area contributed by atoms with Crippen LogP contribution < -0.4 is 25.4 Å². The molecule has 0 saturated carbocycles. The Labute approximate surface area is 404 Å². The zero-order valence-electron chi connectivity index (χ0n) is 38.3. The second kappa shape index (κ2) is 17.1. The average molecular weight is 907 g/mol. The lowest BCUT2D eigenvalue weighted by atomic mass is 9.82. The van der Waals surface area contributed by atoms with E-state index >= 15 is 0 Å². The maximum absolute atomic E-state index is 3.00. The van der Waals surface area contributed by atoms with Crippen molar-refractivity contribution in [3.63, 3.8) is 0 Å². The summed E-state index contributed by atoms with van der Waals surface area (Å²) in [6.07, 6.45) is 10.5. The molecule has 0 atom stereocenters. The lowest BCUT2D eigenvalue weighted by Gasteiger charge is -2.36. The van der Waals surface area contributed by atoms with E-state index in [1.54, 1.807) is 0 Å². The third kappa shape index (κ3) is 6.99. The maximum Gasteiger partial charge on any atom is 0.179 e. The highest BCUT2D eigenvalue weighted by Gasteiger charge is 2.43. The van der Waals surface area contributed by atoms with Gasteiger partial charge >= 0.3 is 0 Å². The van der Waals surface area contributed by atoms with E-state index in [-0.39, 0.29) is 5.41 Å². The summed E-state index contributed by atoms with van der Waals surface area (Å²) in [5, 5.41) is 7.97. The van der Waals surface area contributed by atoms with Crippen molar-refractivity contribution < 1.29 is 0 Å². The largest absolute Gasteiger partial charge is 0.311 e. The topological polar surface area (TPSA) is 6.48 Å². The van der Waals surface area contributed by atoms with Crippen LogP contribution in [-0.2, 0) is 5.41 Å². The molecule has 0 spiro atoms. The van der Waals surface area contributed by atoms with Crippen LogP contribution in [0.2, 0.25) is 0 Å². The van der Waals surface area contributed by atoms with E-state index in [0.717, 1.165) is 40.6 Å². The molecule has 2 aliphatic carbocycles. The van der Waals surface area contributed by atoms with Gasteiger partial charge in [0.2, 0.25) is 0 Å². The minimum atomic E-state index is -3.00. The summed E-state index contributed by atoms with van der Waals surface area (Å²) in [4.78, 5) is 4.89. The zero-order valence-corrected chi connectivity index (χ0v) is 40.1. The standard InChI is InChI=1S/C64H50N2SSi/c1-64(2)60-35-17-15-33-56(60)58-44-50(38-41-61(58)64)66(47-23-9-4-10-24-47)49-26-20-32-55(43-49)68(52-27-11-5-12-28-52,53-29-13-6-14-30-53)54-31-19-25-48(37-40-54)65(46-21-7-3-8-22-46)51-39-42-63-59(45-51)57-34-16-18-36-62(57)67-63/h3-18,20-45H,19H2,1-2H3. The number of rotatable bonds is 10. The van der Waals surface area contributed by atoms with Crippen molar-refractivity contribution in [2.24, 2.45) is 0 Å². The van der Waals surface area contributed by atoms with Crippen molar-refractivity contribution in [1.82, 2.24) is 0 Å². The Morgan fingerprint density at radius 1 is 0.397 bits per heavy atom. The van der Waals surface area contributed by atoms with Crippen molar-refractivity contribution in [2.75, 3.05) is 9.80 Å². The minimum Gasteiger partial charge on any atom is -0.311 e. The molecule has 4 heteroatoms. The first-order valence-electron chi connectivity index (χ1n) is 23.6. The van der Waals surface area contributed by atoms with Crippen LogP contribution in [0.4, 0.5) is 28.4 Å². The first-order valence-corrected chi connectivity index (χ1v) is 26.5. The predicted octanol–water partition coefficient (Wildman–Crippen LogP) is 15.4. The van der Waals surface area contributed by atoms with Gasteiger partial charge in [0.1, 0.15) is 0 Å². The molecule has 10 aromatic rings. The molecule has 0 aliphatic heterocycles. The fraction of sp³-hybridized carbons (Fsp3) is 0.0625. The van der Waals surface area contributed by atoms with Crippen LogP contribution in [0.5, 0.6) is 0 Å². The van der Waals surface area contributed by atoms with Crippen molar-refractivity contribution in [3.05, 3.63) is 277 Å². The van der Waals surface area contributed by atoms with E-state index in [2.05, 4.69) is 278 Å². The van der Waals surface area contributed by atoms with Crippen molar-refractivity contribution >= 4 is 83.6 Å². The second-order valence-electron chi connectivity index (χ2n) is 18.4. The molecule has 9 aromatic carbocycles. The first kappa shape index (κ1) is 41.7. The number of fused-ring (bicyclic) bond motifs is 6.